The van der Waals surface area contributed by atoms with E-state index in [0.717, 1.165) is 37.6 Å². The molecular weight excluding hydrogens is 328 g/mol. The van der Waals surface area contributed by atoms with Crippen LogP contribution in [0.15, 0.2) is 61.2 Å². The van der Waals surface area contributed by atoms with Gasteiger partial charge in [-0.15, -0.1) is 0 Å². The van der Waals surface area contributed by atoms with E-state index in [0.29, 0.717) is 6.61 Å². The van der Waals surface area contributed by atoms with E-state index in [4.69, 9.17) is 9.47 Å². The number of benzene rings is 2. The Balaban J connectivity index is 1.28. The van der Waals surface area contributed by atoms with Crippen LogP contribution < -0.4 is 10.1 Å². The van der Waals surface area contributed by atoms with Crippen LogP contribution in [0.4, 0.5) is 0 Å². The Kier molecular flexibility index (Phi) is 5.23. The molecule has 2 heterocycles. The first-order valence-corrected chi connectivity index (χ1v) is 8.85. The lowest BCUT2D eigenvalue weighted by atomic mass is 10.2. The molecular formula is C20H22N4O2. The third-order valence-corrected chi connectivity index (χ3v) is 4.37. The lowest BCUT2D eigenvalue weighted by Gasteiger charge is -2.12. The number of hydrogen-bond donors (Lipinski definition) is 1. The molecule has 0 spiro atoms. The second-order valence-corrected chi connectivity index (χ2v) is 6.36. The molecule has 0 radical (unpaired) electrons. The van der Waals surface area contributed by atoms with Crippen molar-refractivity contribution in [1.29, 1.82) is 0 Å². The molecule has 0 aliphatic carbocycles. The predicted molar refractivity (Wildman–Crippen MR) is 98.2 cm³/mol. The summed E-state index contributed by atoms with van der Waals surface area (Å²) in [5.41, 5.74) is 3.45. The highest BCUT2D eigenvalue weighted by Gasteiger charge is 2.16. The van der Waals surface area contributed by atoms with Crippen LogP contribution in [0.5, 0.6) is 5.75 Å². The molecule has 0 bridgehead atoms. The van der Waals surface area contributed by atoms with E-state index in [1.54, 1.807) is 11.0 Å². The summed E-state index contributed by atoms with van der Waals surface area (Å²) in [4.78, 5) is 3.99. The minimum Gasteiger partial charge on any atom is -0.488 e. The third kappa shape index (κ3) is 4.28. The van der Waals surface area contributed by atoms with Crippen molar-refractivity contribution >= 4 is 0 Å². The molecule has 2 aromatic carbocycles. The van der Waals surface area contributed by atoms with E-state index in [2.05, 4.69) is 39.7 Å². The highest BCUT2D eigenvalue weighted by atomic mass is 16.5. The van der Waals surface area contributed by atoms with Crippen LogP contribution in [0.3, 0.4) is 0 Å². The van der Waals surface area contributed by atoms with E-state index in [1.807, 2.05) is 24.3 Å². The number of hydrogen-bond acceptors (Lipinski definition) is 5. The quantitative estimate of drug-likeness (QED) is 0.710. The second-order valence-electron chi connectivity index (χ2n) is 6.36. The van der Waals surface area contributed by atoms with Crippen molar-refractivity contribution in [2.75, 3.05) is 13.2 Å². The fourth-order valence-electron chi connectivity index (χ4n) is 2.99. The van der Waals surface area contributed by atoms with E-state index in [9.17, 15) is 0 Å². The molecule has 0 amide bonds. The molecule has 4 rings (SSSR count). The van der Waals surface area contributed by atoms with Gasteiger partial charge in [-0.3, -0.25) is 0 Å². The second kappa shape index (κ2) is 8.12. The number of rotatable bonds is 7. The van der Waals surface area contributed by atoms with Crippen molar-refractivity contribution < 1.29 is 9.47 Å². The minimum atomic E-state index is 0.191. The Labute approximate surface area is 152 Å². The summed E-state index contributed by atoms with van der Waals surface area (Å²) in [6.45, 7) is 3.09. The fourth-order valence-corrected chi connectivity index (χ4v) is 2.99. The van der Waals surface area contributed by atoms with Gasteiger partial charge < -0.3 is 14.8 Å². The first kappa shape index (κ1) is 16.8. The lowest BCUT2D eigenvalue weighted by molar-refractivity contribution is 0.141. The molecule has 1 aliphatic heterocycles. The van der Waals surface area contributed by atoms with Gasteiger partial charge in [0.25, 0.3) is 0 Å². The first-order chi connectivity index (χ1) is 12.9. The fraction of sp³-hybridized carbons (Fsp3) is 0.300. The highest BCUT2D eigenvalue weighted by Crippen LogP contribution is 2.17. The van der Waals surface area contributed by atoms with Crippen LogP contribution in [0.1, 0.15) is 17.5 Å². The highest BCUT2D eigenvalue weighted by molar-refractivity contribution is 5.34. The van der Waals surface area contributed by atoms with Crippen LogP contribution in [-0.2, 0) is 17.8 Å². The van der Waals surface area contributed by atoms with Gasteiger partial charge in [0.05, 0.1) is 18.9 Å². The maximum absolute atomic E-state index is 5.89. The Morgan fingerprint density at radius 1 is 1.12 bits per heavy atom. The van der Waals surface area contributed by atoms with Gasteiger partial charge >= 0.3 is 0 Å². The van der Waals surface area contributed by atoms with Crippen LogP contribution in [0.2, 0.25) is 0 Å². The SMILES string of the molecule is c1cc(CNCc2ccc(OC3CCOC3)cc2)cc(-n2cncn2)c1. The van der Waals surface area contributed by atoms with Gasteiger partial charge in [-0.1, -0.05) is 24.3 Å². The van der Waals surface area contributed by atoms with Crippen molar-refractivity contribution in [2.24, 2.45) is 0 Å². The van der Waals surface area contributed by atoms with E-state index in [-0.39, 0.29) is 6.10 Å². The molecule has 134 valence electrons. The molecule has 3 aromatic rings. The van der Waals surface area contributed by atoms with Crippen LogP contribution in [0, 0.1) is 0 Å². The van der Waals surface area contributed by atoms with Crippen LogP contribution in [0.25, 0.3) is 5.69 Å². The zero-order chi connectivity index (χ0) is 17.6. The van der Waals surface area contributed by atoms with E-state index in [1.165, 1.54) is 17.5 Å². The van der Waals surface area contributed by atoms with Gasteiger partial charge in [0.2, 0.25) is 0 Å². The number of aromatic nitrogens is 3. The molecule has 1 N–H and O–H groups in total. The molecule has 0 saturated carbocycles. The monoisotopic (exact) mass is 350 g/mol. The maximum atomic E-state index is 5.89. The van der Waals surface area contributed by atoms with Crippen LogP contribution >= 0.6 is 0 Å². The van der Waals surface area contributed by atoms with Crippen molar-refractivity contribution in [2.45, 2.75) is 25.6 Å². The topological polar surface area (TPSA) is 61.2 Å². The van der Waals surface area contributed by atoms with Gasteiger partial charge in [-0.25, -0.2) is 9.67 Å². The van der Waals surface area contributed by atoms with Gasteiger partial charge in [0.15, 0.2) is 0 Å². The van der Waals surface area contributed by atoms with Gasteiger partial charge in [0, 0.05) is 19.5 Å². The predicted octanol–water partition coefficient (Wildman–Crippen LogP) is 2.72. The summed E-state index contributed by atoms with van der Waals surface area (Å²) in [5, 5.41) is 7.64. The Morgan fingerprint density at radius 3 is 2.77 bits per heavy atom. The summed E-state index contributed by atoms with van der Waals surface area (Å²) in [7, 11) is 0. The number of nitrogens with zero attached hydrogens (tertiary/aromatic N) is 3. The van der Waals surface area contributed by atoms with Crippen molar-refractivity contribution in [3.8, 4) is 11.4 Å². The smallest absolute Gasteiger partial charge is 0.138 e. The summed E-state index contributed by atoms with van der Waals surface area (Å²) >= 11 is 0. The zero-order valence-corrected chi connectivity index (χ0v) is 14.5. The normalized spacial score (nSPS) is 16.7. The summed E-state index contributed by atoms with van der Waals surface area (Å²) < 4.78 is 13.0. The molecule has 1 fully saturated rings. The van der Waals surface area contributed by atoms with E-state index >= 15 is 0 Å². The summed E-state index contributed by atoms with van der Waals surface area (Å²) in [6, 6.07) is 16.5. The van der Waals surface area contributed by atoms with Crippen molar-refractivity contribution in [3.05, 3.63) is 72.3 Å². The maximum Gasteiger partial charge on any atom is 0.138 e. The molecule has 6 heteroatoms. The molecule has 26 heavy (non-hydrogen) atoms. The number of ether oxygens (including phenoxy) is 2. The molecule has 1 aliphatic rings. The average molecular weight is 350 g/mol. The standard InChI is InChI=1S/C20H22N4O2/c1-2-17(10-18(3-1)24-15-22-14-23-24)12-21-11-16-4-6-19(7-5-16)26-20-8-9-25-13-20/h1-7,10,14-15,20-21H,8-9,11-13H2. The molecule has 6 nitrogen and oxygen atoms in total. The van der Waals surface area contributed by atoms with Crippen molar-refractivity contribution in [3.63, 3.8) is 0 Å². The number of nitrogens with one attached hydrogen (secondary N) is 1. The minimum absolute atomic E-state index is 0.191. The zero-order valence-electron chi connectivity index (χ0n) is 14.5. The molecule has 1 aromatic heterocycles. The van der Waals surface area contributed by atoms with E-state index < -0.39 is 0 Å². The Bertz CT molecular complexity index is 812. The largest absolute Gasteiger partial charge is 0.488 e. The Hall–Kier alpha value is -2.70. The van der Waals surface area contributed by atoms with Gasteiger partial charge in [-0.05, 0) is 35.4 Å². The van der Waals surface area contributed by atoms with Crippen LogP contribution in [-0.4, -0.2) is 34.1 Å². The molecule has 1 saturated heterocycles. The van der Waals surface area contributed by atoms with Crippen molar-refractivity contribution in [1.82, 2.24) is 20.1 Å². The summed E-state index contributed by atoms with van der Waals surface area (Å²) in [6.07, 6.45) is 4.40. The molecule has 1 unspecified atom stereocenters. The van der Waals surface area contributed by atoms with Gasteiger partial charge in [-0.2, -0.15) is 5.10 Å². The third-order valence-electron chi connectivity index (χ3n) is 4.37. The lowest BCUT2D eigenvalue weighted by Crippen LogP contribution is -2.16. The van der Waals surface area contributed by atoms with Gasteiger partial charge in [0.1, 0.15) is 24.5 Å². The first-order valence-electron chi connectivity index (χ1n) is 8.85. The Morgan fingerprint density at radius 2 is 2.00 bits per heavy atom. The summed E-state index contributed by atoms with van der Waals surface area (Å²) in [5.74, 6) is 0.907. The molecule has 1 atom stereocenters. The average Bonchev–Trinajstić information content (AvgIpc) is 3.37.